The first-order valence-corrected chi connectivity index (χ1v) is 6.39. The van der Waals surface area contributed by atoms with E-state index < -0.39 is 0 Å². The Morgan fingerprint density at radius 1 is 1.18 bits per heavy atom. The predicted molar refractivity (Wildman–Crippen MR) is 69.0 cm³/mol. The van der Waals surface area contributed by atoms with Gasteiger partial charge in [-0.1, -0.05) is 6.42 Å². The summed E-state index contributed by atoms with van der Waals surface area (Å²) in [5, 5.41) is 9.40. The molecule has 17 heavy (non-hydrogen) atoms. The molecule has 1 saturated carbocycles. The fraction of sp³-hybridized carbons (Fsp3) is 0.917. The number of aliphatic hydroxyl groups excluding tert-OH is 1. The third kappa shape index (κ3) is 3.83. The van der Waals surface area contributed by atoms with Gasteiger partial charge >= 0.3 is 0 Å². The van der Waals surface area contributed by atoms with Crippen molar-refractivity contribution in [1.29, 1.82) is 0 Å². The van der Waals surface area contributed by atoms with E-state index in [9.17, 15) is 9.90 Å². The van der Waals surface area contributed by atoms with Crippen molar-refractivity contribution in [2.24, 2.45) is 11.7 Å². The van der Waals surface area contributed by atoms with E-state index in [-0.39, 0.29) is 36.4 Å². The minimum absolute atomic E-state index is 0. The van der Waals surface area contributed by atoms with Crippen LogP contribution in [0.3, 0.4) is 0 Å². The van der Waals surface area contributed by atoms with Gasteiger partial charge in [0.25, 0.3) is 0 Å². The minimum atomic E-state index is -0.210. The number of halogens is 1. The van der Waals surface area contributed by atoms with Crippen molar-refractivity contribution < 1.29 is 9.90 Å². The molecule has 2 aliphatic rings. The molecule has 0 bridgehead atoms. The first-order chi connectivity index (χ1) is 7.66. The van der Waals surface area contributed by atoms with Gasteiger partial charge in [-0.2, -0.15) is 0 Å². The molecule has 0 spiro atoms. The van der Waals surface area contributed by atoms with E-state index in [1.807, 2.05) is 4.90 Å². The van der Waals surface area contributed by atoms with Crippen LogP contribution in [0.25, 0.3) is 0 Å². The van der Waals surface area contributed by atoms with Gasteiger partial charge in [-0.05, 0) is 32.1 Å². The van der Waals surface area contributed by atoms with Gasteiger partial charge in [0.05, 0.1) is 6.10 Å². The van der Waals surface area contributed by atoms with Crippen LogP contribution in [0, 0.1) is 5.92 Å². The number of carbonyl (C=O) groups is 1. The summed E-state index contributed by atoms with van der Waals surface area (Å²) in [7, 11) is 0. The maximum absolute atomic E-state index is 12.2. The number of hydrogen-bond donors (Lipinski definition) is 2. The van der Waals surface area contributed by atoms with E-state index in [1.165, 1.54) is 0 Å². The largest absolute Gasteiger partial charge is 0.393 e. The molecule has 0 aromatic rings. The molecule has 1 aliphatic carbocycles. The topological polar surface area (TPSA) is 66.6 Å². The van der Waals surface area contributed by atoms with Crippen molar-refractivity contribution in [2.75, 3.05) is 13.1 Å². The van der Waals surface area contributed by atoms with Crippen molar-refractivity contribution in [2.45, 2.75) is 50.7 Å². The van der Waals surface area contributed by atoms with Crippen molar-refractivity contribution in [3.8, 4) is 0 Å². The number of likely N-dealkylation sites (tertiary alicyclic amines) is 1. The lowest BCUT2D eigenvalue weighted by Gasteiger charge is -2.34. The monoisotopic (exact) mass is 262 g/mol. The first-order valence-electron chi connectivity index (χ1n) is 6.39. The average Bonchev–Trinajstić information content (AvgIpc) is 2.29. The summed E-state index contributed by atoms with van der Waals surface area (Å²) < 4.78 is 0. The van der Waals surface area contributed by atoms with Gasteiger partial charge in [0.2, 0.25) is 5.91 Å². The first kappa shape index (κ1) is 14.7. The number of carbonyl (C=O) groups excluding carboxylic acids is 1. The van der Waals surface area contributed by atoms with E-state index >= 15 is 0 Å². The molecule has 0 aromatic carbocycles. The Labute approximate surface area is 109 Å². The third-order valence-electron chi connectivity index (χ3n) is 3.84. The van der Waals surface area contributed by atoms with E-state index in [4.69, 9.17) is 5.73 Å². The highest BCUT2D eigenvalue weighted by Crippen LogP contribution is 2.26. The Morgan fingerprint density at radius 3 is 2.41 bits per heavy atom. The van der Waals surface area contributed by atoms with Crippen LogP contribution in [0.5, 0.6) is 0 Å². The van der Waals surface area contributed by atoms with Crippen molar-refractivity contribution in [1.82, 2.24) is 4.90 Å². The Kier molecular flexibility index (Phi) is 5.70. The van der Waals surface area contributed by atoms with Crippen LogP contribution in [0.2, 0.25) is 0 Å². The maximum atomic E-state index is 12.2. The number of aliphatic hydroxyl groups is 1. The van der Waals surface area contributed by atoms with Gasteiger partial charge < -0.3 is 15.7 Å². The number of nitrogens with two attached hydrogens (primary N) is 1. The summed E-state index contributed by atoms with van der Waals surface area (Å²) in [4.78, 5) is 14.1. The molecule has 100 valence electrons. The zero-order valence-corrected chi connectivity index (χ0v) is 11.0. The lowest BCUT2D eigenvalue weighted by molar-refractivity contribution is -0.138. The second-order valence-corrected chi connectivity index (χ2v) is 5.18. The fourth-order valence-corrected chi connectivity index (χ4v) is 2.80. The molecule has 2 fully saturated rings. The highest BCUT2D eigenvalue weighted by atomic mass is 35.5. The lowest BCUT2D eigenvalue weighted by Crippen LogP contribution is -2.45. The van der Waals surface area contributed by atoms with Crippen LogP contribution in [0.1, 0.15) is 38.5 Å². The Bertz CT molecular complexity index is 255. The zero-order valence-electron chi connectivity index (χ0n) is 10.2. The molecule has 0 unspecified atom stereocenters. The molecule has 2 atom stereocenters. The number of rotatable bonds is 1. The highest BCUT2D eigenvalue weighted by molar-refractivity contribution is 5.85. The second kappa shape index (κ2) is 6.57. The number of piperidine rings is 1. The molecular weight excluding hydrogens is 240 g/mol. The fourth-order valence-electron chi connectivity index (χ4n) is 2.80. The van der Waals surface area contributed by atoms with Crippen LogP contribution in [0.4, 0.5) is 0 Å². The molecule has 3 N–H and O–H groups in total. The average molecular weight is 263 g/mol. The molecule has 1 heterocycles. The van der Waals surface area contributed by atoms with E-state index in [0.717, 1.165) is 38.5 Å². The minimum Gasteiger partial charge on any atom is -0.393 e. The van der Waals surface area contributed by atoms with Gasteiger partial charge in [0, 0.05) is 25.0 Å². The summed E-state index contributed by atoms with van der Waals surface area (Å²) in [5.41, 5.74) is 5.90. The van der Waals surface area contributed by atoms with E-state index in [0.29, 0.717) is 13.1 Å². The molecule has 1 aliphatic heterocycles. The number of hydrogen-bond acceptors (Lipinski definition) is 3. The van der Waals surface area contributed by atoms with Gasteiger partial charge in [-0.3, -0.25) is 4.79 Å². The summed E-state index contributed by atoms with van der Waals surface area (Å²) >= 11 is 0. The van der Waals surface area contributed by atoms with Crippen LogP contribution in [0.15, 0.2) is 0 Å². The molecule has 0 aromatic heterocycles. The van der Waals surface area contributed by atoms with Gasteiger partial charge in [-0.25, -0.2) is 0 Å². The van der Waals surface area contributed by atoms with Crippen LogP contribution >= 0.6 is 12.4 Å². The van der Waals surface area contributed by atoms with E-state index in [1.54, 1.807) is 0 Å². The maximum Gasteiger partial charge on any atom is 0.225 e. The standard InChI is InChI=1S/C12H22N2O2.ClH/c13-10-3-1-2-9(8-10)12(16)14-6-4-11(15)5-7-14;/h9-11,15H,1-8,13H2;1H/t9-,10+;/m1./s1. The van der Waals surface area contributed by atoms with E-state index in [2.05, 4.69) is 0 Å². The Morgan fingerprint density at radius 2 is 1.82 bits per heavy atom. The summed E-state index contributed by atoms with van der Waals surface area (Å²) in [6.07, 6.45) is 5.22. The quantitative estimate of drug-likeness (QED) is 0.738. The molecule has 1 saturated heterocycles. The molecule has 4 nitrogen and oxygen atoms in total. The summed E-state index contributed by atoms with van der Waals surface area (Å²) in [5.74, 6) is 0.404. The lowest BCUT2D eigenvalue weighted by atomic mass is 9.85. The SMILES string of the molecule is Cl.N[C@H]1CCC[C@@H](C(=O)N2CCC(O)CC2)C1. The highest BCUT2D eigenvalue weighted by Gasteiger charge is 2.30. The van der Waals surface area contributed by atoms with Crippen molar-refractivity contribution >= 4 is 18.3 Å². The normalized spacial score (nSPS) is 30.8. The third-order valence-corrected chi connectivity index (χ3v) is 3.84. The molecule has 0 radical (unpaired) electrons. The number of amides is 1. The summed E-state index contributed by atoms with van der Waals surface area (Å²) in [6, 6.07) is 0.207. The molecular formula is C12H23ClN2O2. The van der Waals surface area contributed by atoms with Crippen LogP contribution in [-0.4, -0.2) is 41.1 Å². The Hall–Kier alpha value is -0.320. The van der Waals surface area contributed by atoms with Crippen LogP contribution in [-0.2, 0) is 4.79 Å². The predicted octanol–water partition coefficient (Wildman–Crippen LogP) is 0.909. The number of nitrogens with zero attached hydrogens (tertiary/aromatic N) is 1. The van der Waals surface area contributed by atoms with Crippen molar-refractivity contribution in [3.05, 3.63) is 0 Å². The second-order valence-electron chi connectivity index (χ2n) is 5.18. The van der Waals surface area contributed by atoms with Gasteiger partial charge in [0.1, 0.15) is 0 Å². The summed E-state index contributed by atoms with van der Waals surface area (Å²) in [6.45, 7) is 1.43. The van der Waals surface area contributed by atoms with Crippen LogP contribution < -0.4 is 5.73 Å². The van der Waals surface area contributed by atoms with Gasteiger partial charge in [-0.15, -0.1) is 12.4 Å². The zero-order chi connectivity index (χ0) is 11.5. The Balaban J connectivity index is 0.00000144. The molecule has 2 rings (SSSR count). The molecule has 5 heteroatoms. The smallest absolute Gasteiger partial charge is 0.225 e. The van der Waals surface area contributed by atoms with Gasteiger partial charge in [0.15, 0.2) is 0 Å². The van der Waals surface area contributed by atoms with Crippen molar-refractivity contribution in [3.63, 3.8) is 0 Å². The molecule has 1 amide bonds.